The number of rotatable bonds is 3. The standard InChI is InChI=1S/C12H10ClFO2/c13-12-9(2-1-3-10(12)14)11(15)6-8-4-5-16-7-8/h1-5,7,11,15H,6H2. The number of benzene rings is 1. The van der Waals surface area contributed by atoms with E-state index in [2.05, 4.69) is 0 Å². The van der Waals surface area contributed by atoms with E-state index in [9.17, 15) is 9.50 Å². The van der Waals surface area contributed by atoms with Crippen molar-refractivity contribution >= 4 is 11.6 Å². The van der Waals surface area contributed by atoms with E-state index in [1.165, 1.54) is 24.7 Å². The Balaban J connectivity index is 2.21. The minimum atomic E-state index is -0.833. The molecule has 84 valence electrons. The molecule has 1 aromatic carbocycles. The van der Waals surface area contributed by atoms with Crippen molar-refractivity contribution in [3.8, 4) is 0 Å². The van der Waals surface area contributed by atoms with E-state index >= 15 is 0 Å². The summed E-state index contributed by atoms with van der Waals surface area (Å²) >= 11 is 5.77. The lowest BCUT2D eigenvalue weighted by atomic mass is 10.0. The second-order valence-electron chi connectivity index (χ2n) is 3.49. The van der Waals surface area contributed by atoms with Crippen LogP contribution in [-0.2, 0) is 6.42 Å². The molecule has 0 amide bonds. The third-order valence-electron chi connectivity index (χ3n) is 2.35. The van der Waals surface area contributed by atoms with Gasteiger partial charge in [0.05, 0.1) is 23.7 Å². The second kappa shape index (κ2) is 4.68. The van der Waals surface area contributed by atoms with E-state index in [1.54, 1.807) is 12.1 Å². The number of furan rings is 1. The van der Waals surface area contributed by atoms with Crippen LogP contribution in [0.2, 0.25) is 5.02 Å². The van der Waals surface area contributed by atoms with E-state index < -0.39 is 11.9 Å². The van der Waals surface area contributed by atoms with Gasteiger partial charge in [0.2, 0.25) is 0 Å². The number of aliphatic hydroxyl groups excluding tert-OH is 1. The predicted octanol–water partition coefficient (Wildman–Crippen LogP) is 3.35. The summed E-state index contributed by atoms with van der Waals surface area (Å²) in [4.78, 5) is 0. The van der Waals surface area contributed by atoms with Crippen molar-refractivity contribution in [2.24, 2.45) is 0 Å². The van der Waals surface area contributed by atoms with Crippen LogP contribution in [0.1, 0.15) is 17.2 Å². The van der Waals surface area contributed by atoms with E-state index in [0.717, 1.165) is 5.56 Å². The summed E-state index contributed by atoms with van der Waals surface area (Å²) in [5.74, 6) is -0.523. The number of halogens is 2. The average molecular weight is 241 g/mol. The van der Waals surface area contributed by atoms with Gasteiger partial charge in [0.25, 0.3) is 0 Å². The highest BCUT2D eigenvalue weighted by Crippen LogP contribution is 2.27. The van der Waals surface area contributed by atoms with Crippen molar-refractivity contribution < 1.29 is 13.9 Å². The Morgan fingerprint density at radius 3 is 2.88 bits per heavy atom. The van der Waals surface area contributed by atoms with Crippen molar-refractivity contribution in [1.82, 2.24) is 0 Å². The Hall–Kier alpha value is -1.32. The topological polar surface area (TPSA) is 33.4 Å². The van der Waals surface area contributed by atoms with Crippen LogP contribution < -0.4 is 0 Å². The zero-order chi connectivity index (χ0) is 11.5. The molecule has 0 aliphatic rings. The summed E-state index contributed by atoms with van der Waals surface area (Å²) in [6, 6.07) is 6.14. The van der Waals surface area contributed by atoms with Gasteiger partial charge >= 0.3 is 0 Å². The maximum absolute atomic E-state index is 13.2. The van der Waals surface area contributed by atoms with Gasteiger partial charge in [0, 0.05) is 12.0 Å². The molecule has 2 rings (SSSR count). The molecule has 0 spiro atoms. The molecule has 0 saturated carbocycles. The highest BCUT2D eigenvalue weighted by molar-refractivity contribution is 6.31. The van der Waals surface area contributed by atoms with Crippen molar-refractivity contribution in [2.75, 3.05) is 0 Å². The monoisotopic (exact) mass is 240 g/mol. The first kappa shape index (κ1) is 11.2. The van der Waals surface area contributed by atoms with Crippen molar-refractivity contribution in [1.29, 1.82) is 0 Å². The molecule has 1 heterocycles. The van der Waals surface area contributed by atoms with Gasteiger partial charge < -0.3 is 9.52 Å². The van der Waals surface area contributed by atoms with Gasteiger partial charge in [-0.1, -0.05) is 23.7 Å². The van der Waals surface area contributed by atoms with E-state index in [1.807, 2.05) is 0 Å². The maximum atomic E-state index is 13.2. The second-order valence-corrected chi connectivity index (χ2v) is 3.87. The van der Waals surface area contributed by atoms with Crippen LogP contribution in [0.3, 0.4) is 0 Å². The van der Waals surface area contributed by atoms with Crippen LogP contribution in [-0.4, -0.2) is 5.11 Å². The molecular formula is C12H10ClFO2. The van der Waals surface area contributed by atoms with Crippen molar-refractivity contribution in [3.05, 3.63) is 58.8 Å². The summed E-state index contributed by atoms with van der Waals surface area (Å²) in [7, 11) is 0. The van der Waals surface area contributed by atoms with Gasteiger partial charge in [0.1, 0.15) is 5.82 Å². The number of aliphatic hydroxyl groups is 1. The predicted molar refractivity (Wildman–Crippen MR) is 58.8 cm³/mol. The van der Waals surface area contributed by atoms with Gasteiger partial charge in [-0.25, -0.2) is 4.39 Å². The van der Waals surface area contributed by atoms with Crippen LogP contribution >= 0.6 is 11.6 Å². The first-order valence-corrected chi connectivity index (χ1v) is 5.19. The first-order valence-electron chi connectivity index (χ1n) is 4.81. The van der Waals surface area contributed by atoms with Crippen LogP contribution in [0.5, 0.6) is 0 Å². The zero-order valence-corrected chi connectivity index (χ0v) is 9.12. The molecule has 2 nitrogen and oxygen atoms in total. The minimum absolute atomic E-state index is 0.0292. The molecule has 4 heteroatoms. The van der Waals surface area contributed by atoms with Crippen LogP contribution in [0.4, 0.5) is 4.39 Å². The quantitative estimate of drug-likeness (QED) is 0.893. The largest absolute Gasteiger partial charge is 0.472 e. The lowest BCUT2D eigenvalue weighted by Gasteiger charge is -2.11. The van der Waals surface area contributed by atoms with Crippen molar-refractivity contribution in [2.45, 2.75) is 12.5 Å². The van der Waals surface area contributed by atoms with Gasteiger partial charge in [-0.05, 0) is 17.7 Å². The smallest absolute Gasteiger partial charge is 0.142 e. The fraction of sp³-hybridized carbons (Fsp3) is 0.167. The molecule has 1 unspecified atom stereocenters. The van der Waals surface area contributed by atoms with Gasteiger partial charge in [-0.15, -0.1) is 0 Å². The molecule has 0 saturated heterocycles. The lowest BCUT2D eigenvalue weighted by molar-refractivity contribution is 0.178. The molecule has 0 bridgehead atoms. The molecule has 0 fully saturated rings. The molecule has 0 aliphatic heterocycles. The molecular weight excluding hydrogens is 231 g/mol. The van der Waals surface area contributed by atoms with Crippen molar-refractivity contribution in [3.63, 3.8) is 0 Å². The van der Waals surface area contributed by atoms with Gasteiger partial charge in [0.15, 0.2) is 0 Å². The Kier molecular flexibility index (Phi) is 3.27. The highest BCUT2D eigenvalue weighted by Gasteiger charge is 2.15. The molecule has 1 N–H and O–H groups in total. The zero-order valence-electron chi connectivity index (χ0n) is 8.36. The summed E-state index contributed by atoms with van der Waals surface area (Å²) in [5.41, 5.74) is 1.23. The van der Waals surface area contributed by atoms with Crippen LogP contribution in [0.25, 0.3) is 0 Å². The molecule has 0 aliphatic carbocycles. The van der Waals surface area contributed by atoms with E-state index in [0.29, 0.717) is 12.0 Å². The summed E-state index contributed by atoms with van der Waals surface area (Å²) in [5, 5.41) is 9.88. The fourth-order valence-electron chi connectivity index (χ4n) is 1.52. The average Bonchev–Trinajstić information content (AvgIpc) is 2.74. The Morgan fingerprint density at radius 1 is 1.38 bits per heavy atom. The molecule has 16 heavy (non-hydrogen) atoms. The molecule has 0 radical (unpaired) electrons. The molecule has 1 atom stereocenters. The Labute approximate surface area is 97.3 Å². The third kappa shape index (κ3) is 2.26. The molecule has 1 aromatic heterocycles. The number of hydrogen-bond donors (Lipinski definition) is 1. The van der Waals surface area contributed by atoms with Gasteiger partial charge in [-0.2, -0.15) is 0 Å². The van der Waals surface area contributed by atoms with E-state index in [4.69, 9.17) is 16.0 Å². The minimum Gasteiger partial charge on any atom is -0.472 e. The summed E-state index contributed by atoms with van der Waals surface area (Å²) < 4.78 is 18.0. The molecule has 2 aromatic rings. The Morgan fingerprint density at radius 2 is 2.19 bits per heavy atom. The highest BCUT2D eigenvalue weighted by atomic mass is 35.5. The lowest BCUT2D eigenvalue weighted by Crippen LogP contribution is -2.02. The van der Waals surface area contributed by atoms with E-state index in [-0.39, 0.29) is 5.02 Å². The SMILES string of the molecule is OC(Cc1ccoc1)c1cccc(F)c1Cl. The maximum Gasteiger partial charge on any atom is 0.142 e. The Bertz CT molecular complexity index is 468. The first-order chi connectivity index (χ1) is 7.68. The summed E-state index contributed by atoms with van der Waals surface area (Å²) in [6.07, 6.45) is 2.58. The summed E-state index contributed by atoms with van der Waals surface area (Å²) in [6.45, 7) is 0. The fourth-order valence-corrected chi connectivity index (χ4v) is 1.77. The number of hydrogen-bond acceptors (Lipinski definition) is 2. The van der Waals surface area contributed by atoms with Crippen LogP contribution in [0.15, 0.2) is 41.2 Å². The normalized spacial score (nSPS) is 12.7. The van der Waals surface area contributed by atoms with Gasteiger partial charge in [-0.3, -0.25) is 0 Å². The third-order valence-corrected chi connectivity index (χ3v) is 2.75. The van der Waals surface area contributed by atoms with Crippen LogP contribution in [0, 0.1) is 5.82 Å².